The van der Waals surface area contributed by atoms with E-state index in [9.17, 15) is 0 Å². The first kappa shape index (κ1) is 6.77. The van der Waals surface area contributed by atoms with Gasteiger partial charge in [-0.25, -0.2) is 0 Å². The molecule has 0 saturated heterocycles. The van der Waals surface area contributed by atoms with Crippen molar-refractivity contribution in [3.8, 4) is 0 Å². The monoisotopic (exact) mass is 174 g/mol. The lowest BCUT2D eigenvalue weighted by molar-refractivity contribution is -0.139. The summed E-state index contributed by atoms with van der Waals surface area (Å²) >= 11 is 1.21. The minimum absolute atomic E-state index is 0.0119. The van der Waals surface area contributed by atoms with Gasteiger partial charge in [0.1, 0.15) is 0 Å². The molecule has 0 aromatic carbocycles. The number of hydrogen-bond donors (Lipinski definition) is 3. The predicted octanol–water partition coefficient (Wildman–Crippen LogP) is -0.390. The molecular formula is C4H6N4O2S. The van der Waals surface area contributed by atoms with Gasteiger partial charge in [-0.05, 0) is 0 Å². The zero-order valence-corrected chi connectivity index (χ0v) is 6.19. The van der Waals surface area contributed by atoms with Gasteiger partial charge in [0, 0.05) is 5.41 Å². The minimum Gasteiger partial charge on any atom is -0.494 e. The van der Waals surface area contributed by atoms with E-state index < -0.39 is 6.29 Å². The molecule has 0 radical (unpaired) electrons. The number of nitrogens with two attached hydrogens (primary N) is 1. The lowest BCUT2D eigenvalue weighted by atomic mass is 10.7. The average molecular weight is 174 g/mol. The minimum atomic E-state index is -0.809. The molecule has 11 heavy (non-hydrogen) atoms. The second-order valence-electron chi connectivity index (χ2n) is 2.08. The molecule has 0 aromatic heterocycles. The maximum atomic E-state index is 9.16. The summed E-state index contributed by atoms with van der Waals surface area (Å²) in [5.74, 6) is 0.0119. The van der Waals surface area contributed by atoms with E-state index in [0.717, 1.165) is 0 Å². The second kappa shape index (κ2) is 2.03. The van der Waals surface area contributed by atoms with Gasteiger partial charge in [-0.15, -0.1) is 10.3 Å². The third kappa shape index (κ3) is 0.785. The number of amidine groups is 1. The first-order chi connectivity index (χ1) is 5.20. The highest BCUT2D eigenvalue weighted by molar-refractivity contribution is 8.16. The van der Waals surface area contributed by atoms with Gasteiger partial charge < -0.3 is 5.11 Å². The van der Waals surface area contributed by atoms with Crippen molar-refractivity contribution in [2.24, 2.45) is 10.8 Å². The van der Waals surface area contributed by atoms with E-state index in [2.05, 4.69) is 5.10 Å². The quantitative estimate of drug-likeness (QED) is 0.463. The molecule has 0 amide bonds. The smallest absolute Gasteiger partial charge is 0.206 e. The van der Waals surface area contributed by atoms with E-state index in [1.807, 2.05) is 0 Å². The van der Waals surface area contributed by atoms with Crippen LogP contribution in [-0.4, -0.2) is 31.8 Å². The zero-order valence-electron chi connectivity index (χ0n) is 5.38. The van der Waals surface area contributed by atoms with E-state index in [1.165, 1.54) is 22.1 Å². The van der Waals surface area contributed by atoms with Crippen LogP contribution in [0.3, 0.4) is 0 Å². The first-order valence-corrected chi connectivity index (χ1v) is 3.75. The molecule has 0 fully saturated rings. The summed E-state index contributed by atoms with van der Waals surface area (Å²) < 4.78 is 0. The fourth-order valence-electron chi connectivity index (χ4n) is 0.887. The predicted molar refractivity (Wildman–Crippen MR) is 39.2 cm³/mol. The van der Waals surface area contributed by atoms with Crippen molar-refractivity contribution < 1.29 is 10.3 Å². The van der Waals surface area contributed by atoms with Crippen molar-refractivity contribution in [3.05, 3.63) is 11.3 Å². The van der Waals surface area contributed by atoms with E-state index in [4.69, 9.17) is 16.0 Å². The molecule has 4 N–H and O–H groups in total. The lowest BCUT2D eigenvalue weighted by Crippen LogP contribution is -2.45. The van der Waals surface area contributed by atoms with E-state index in [0.29, 0.717) is 10.3 Å². The fourth-order valence-corrected chi connectivity index (χ4v) is 1.66. The summed E-state index contributed by atoms with van der Waals surface area (Å²) in [4.78, 5) is 1.32. The molecule has 0 spiro atoms. The van der Waals surface area contributed by atoms with Crippen molar-refractivity contribution in [1.29, 1.82) is 0 Å². The van der Waals surface area contributed by atoms with Crippen molar-refractivity contribution in [2.45, 2.75) is 6.29 Å². The number of aliphatic hydroxyl groups excluding tert-OH is 1. The van der Waals surface area contributed by atoms with Crippen LogP contribution in [0.25, 0.3) is 0 Å². The molecule has 2 rings (SSSR count). The Morgan fingerprint density at radius 1 is 1.73 bits per heavy atom. The molecule has 2 aliphatic rings. The fraction of sp³-hybridized carbons (Fsp3) is 0.250. The van der Waals surface area contributed by atoms with Gasteiger partial charge in [-0.2, -0.15) is 0 Å². The van der Waals surface area contributed by atoms with Gasteiger partial charge in [0.2, 0.25) is 12.2 Å². The number of nitrogens with zero attached hydrogens (tertiary/aromatic N) is 3. The van der Waals surface area contributed by atoms with Gasteiger partial charge >= 0.3 is 0 Å². The molecule has 0 aliphatic carbocycles. The molecule has 0 saturated carbocycles. The van der Waals surface area contributed by atoms with Crippen molar-refractivity contribution >= 4 is 16.9 Å². The average Bonchev–Trinajstić information content (AvgIpc) is 2.41. The molecule has 1 atom stereocenters. The summed E-state index contributed by atoms with van der Waals surface area (Å²) in [6.45, 7) is 0. The van der Waals surface area contributed by atoms with Gasteiger partial charge in [0.05, 0.1) is 0 Å². The summed E-state index contributed by atoms with van der Waals surface area (Å²) in [5.41, 5.74) is 5.43. The Morgan fingerprint density at radius 3 is 3.09 bits per heavy atom. The van der Waals surface area contributed by atoms with Crippen molar-refractivity contribution in [2.75, 3.05) is 0 Å². The molecule has 2 aliphatic heterocycles. The number of fused-ring (bicyclic) bond motifs is 1. The third-order valence-electron chi connectivity index (χ3n) is 1.41. The Morgan fingerprint density at radius 2 is 2.45 bits per heavy atom. The van der Waals surface area contributed by atoms with Gasteiger partial charge in [-0.1, -0.05) is 11.8 Å². The highest BCUT2D eigenvalue weighted by atomic mass is 32.2. The van der Waals surface area contributed by atoms with E-state index in [1.54, 1.807) is 0 Å². The summed E-state index contributed by atoms with van der Waals surface area (Å²) in [6, 6.07) is 0. The number of thioether (sulfide) groups is 1. The van der Waals surface area contributed by atoms with Crippen LogP contribution in [0, 0.1) is 0 Å². The molecule has 0 bridgehead atoms. The largest absolute Gasteiger partial charge is 0.494 e. The van der Waals surface area contributed by atoms with Crippen LogP contribution in [0.2, 0.25) is 0 Å². The number of hydrogen-bond acceptors (Lipinski definition) is 7. The summed E-state index contributed by atoms with van der Waals surface area (Å²) in [5, 5.41) is 24.3. The first-order valence-electron chi connectivity index (χ1n) is 2.87. The van der Waals surface area contributed by atoms with Gasteiger partial charge in [0.15, 0.2) is 5.17 Å². The topological polar surface area (TPSA) is 85.3 Å². The highest BCUT2D eigenvalue weighted by Gasteiger charge is 2.37. The van der Waals surface area contributed by atoms with Crippen molar-refractivity contribution in [3.63, 3.8) is 0 Å². The Bertz CT molecular complexity index is 252. The van der Waals surface area contributed by atoms with Gasteiger partial charge in [0.25, 0.3) is 0 Å². The Labute approximate surface area is 66.5 Å². The maximum Gasteiger partial charge on any atom is 0.206 e. The van der Waals surface area contributed by atoms with Gasteiger partial charge in [-0.3, -0.25) is 15.8 Å². The summed E-state index contributed by atoms with van der Waals surface area (Å²) in [7, 11) is 0. The zero-order chi connectivity index (χ0) is 8.01. The van der Waals surface area contributed by atoms with Crippen LogP contribution in [-0.2, 0) is 0 Å². The number of rotatable bonds is 0. The van der Waals surface area contributed by atoms with E-state index in [-0.39, 0.29) is 5.88 Å². The number of hydroxylamine groups is 1. The Kier molecular flexibility index (Phi) is 1.25. The SMILES string of the molecule is NC1N(O)N=C2SC=C(O)N21. The maximum absolute atomic E-state index is 9.16. The molecule has 60 valence electrons. The van der Waals surface area contributed by atoms with Crippen LogP contribution in [0.5, 0.6) is 0 Å². The Hall–Kier alpha value is -0.920. The summed E-state index contributed by atoms with van der Waals surface area (Å²) in [6.07, 6.45) is -0.809. The standard InChI is InChI=1S/C4H6N4O2S/c5-3-7-2(9)1-11-4(7)6-8(3)10/h1,3,9-10H,5H2. The Balaban J connectivity index is 2.30. The highest BCUT2D eigenvalue weighted by Crippen LogP contribution is 2.30. The molecule has 1 unspecified atom stereocenters. The molecular weight excluding hydrogens is 168 g/mol. The van der Waals surface area contributed by atoms with Crippen LogP contribution in [0.4, 0.5) is 0 Å². The van der Waals surface area contributed by atoms with Crippen LogP contribution in [0.1, 0.15) is 0 Å². The normalized spacial score (nSPS) is 28.7. The molecule has 6 nitrogen and oxygen atoms in total. The van der Waals surface area contributed by atoms with Crippen LogP contribution < -0.4 is 5.73 Å². The number of aliphatic hydroxyl groups is 1. The van der Waals surface area contributed by atoms with E-state index >= 15 is 0 Å². The lowest BCUT2D eigenvalue weighted by Gasteiger charge is -2.19. The third-order valence-corrected chi connectivity index (χ3v) is 2.23. The van der Waals surface area contributed by atoms with Crippen LogP contribution >= 0.6 is 11.8 Å². The molecule has 0 aromatic rings. The van der Waals surface area contributed by atoms with Crippen LogP contribution in [0.15, 0.2) is 16.4 Å². The number of hydrazone groups is 1. The molecule has 7 heteroatoms. The van der Waals surface area contributed by atoms with Crippen molar-refractivity contribution in [1.82, 2.24) is 10.1 Å². The molecule has 2 heterocycles. The second-order valence-corrected chi connectivity index (χ2v) is 2.92.